The fourth-order valence-corrected chi connectivity index (χ4v) is 9.34. The lowest BCUT2D eigenvalue weighted by Crippen LogP contribution is -2.71. The number of benzene rings is 4. The van der Waals surface area contributed by atoms with Crippen LogP contribution in [0.2, 0.25) is 0 Å². The summed E-state index contributed by atoms with van der Waals surface area (Å²) in [6.07, 6.45) is 1.89. The van der Waals surface area contributed by atoms with E-state index in [-0.39, 0.29) is 46.0 Å². The van der Waals surface area contributed by atoms with Crippen molar-refractivity contribution < 1.29 is 39.0 Å². The van der Waals surface area contributed by atoms with Crippen molar-refractivity contribution in [3.63, 3.8) is 0 Å². The normalized spacial score (nSPS) is 18.6. The van der Waals surface area contributed by atoms with Crippen LogP contribution in [0.5, 0.6) is 0 Å². The first-order valence-corrected chi connectivity index (χ1v) is 20.7. The summed E-state index contributed by atoms with van der Waals surface area (Å²) in [5, 5.41) is 27.8. The second-order valence-corrected chi connectivity index (χ2v) is 16.1. The fraction of sp³-hybridized carbons (Fsp3) is 0.159. The molecule has 2 fully saturated rings. The van der Waals surface area contributed by atoms with Crippen LogP contribution in [0.1, 0.15) is 44.7 Å². The minimum Gasteiger partial charge on any atom is -0.478 e. The summed E-state index contributed by atoms with van der Waals surface area (Å²) in [4.78, 5) is 79.1. The molecule has 3 aliphatic rings. The van der Waals surface area contributed by atoms with Crippen LogP contribution in [0.15, 0.2) is 149 Å². The van der Waals surface area contributed by atoms with E-state index >= 15 is 0 Å². The average molecular weight is 841 g/mol. The number of fused-ring (bicyclic) bond motifs is 1. The van der Waals surface area contributed by atoms with E-state index in [1.54, 1.807) is 22.4 Å². The number of carboxylic acids is 2. The largest absolute Gasteiger partial charge is 0.478 e. The lowest BCUT2D eigenvalue weighted by molar-refractivity contribution is -0.150. The molecular weight excluding hydrogens is 805 g/mol. The van der Waals surface area contributed by atoms with Crippen LogP contribution in [-0.2, 0) is 36.2 Å². The van der Waals surface area contributed by atoms with E-state index in [1.807, 2.05) is 91.0 Å². The summed E-state index contributed by atoms with van der Waals surface area (Å²) in [6.45, 7) is 0.633. The lowest BCUT2D eigenvalue weighted by Gasteiger charge is -2.49. The molecular formula is C44H36N6O8S2. The number of amides is 3. The topological polar surface area (TPSA) is 205 Å². The standard InChI is InChI=1S/C44H36N6O8S2/c45-43-46-33(25-60-43)34(48-58-44(30-10-4-1-5-11-30,31-12-6-2-7-13-31)32-14-8-3-9-15-32)37(51)47-35-39(53)50-36(42(56)57)29(24-59-40(35)50)22-28-20-21-49(38(28)52)23-26-16-18-27(19-17-26)41(54)55/h1-19,22,25,35,40H,20-21,23-24H2,(H2,45,46)(H,47,51)(H,54,55)(H,56,57)/t35-,40-/m1/s1. The minimum absolute atomic E-state index is 0.116. The third-order valence-corrected chi connectivity index (χ3v) is 12.4. The molecule has 5 N–H and O–H groups in total. The van der Waals surface area contributed by atoms with E-state index < -0.39 is 40.8 Å². The first-order chi connectivity index (χ1) is 29.0. The quantitative estimate of drug-likeness (QED) is 0.0397. The Kier molecular flexibility index (Phi) is 11.1. The maximum atomic E-state index is 14.3. The molecule has 0 aliphatic carbocycles. The van der Waals surface area contributed by atoms with E-state index in [9.17, 15) is 34.2 Å². The maximum Gasteiger partial charge on any atom is 0.352 e. The Morgan fingerprint density at radius 1 is 0.883 bits per heavy atom. The predicted octanol–water partition coefficient (Wildman–Crippen LogP) is 5.23. The SMILES string of the molecule is Nc1nc(C(=NOC(c2ccccc2)(c2ccccc2)c2ccccc2)C(=O)N[C@@H]2C(=O)N3C(C(=O)O)=C(C=C4CCN(Cc5ccc(C(=O)O)cc5)C4=O)CS[C@H]23)cs1. The number of oxime groups is 1. The number of likely N-dealkylation sites (tertiary alicyclic amines) is 1. The Balaban J connectivity index is 1.06. The molecule has 14 nitrogen and oxygen atoms in total. The summed E-state index contributed by atoms with van der Waals surface area (Å²) in [7, 11) is 0. The van der Waals surface area contributed by atoms with Gasteiger partial charge < -0.3 is 31.0 Å². The number of β-lactam (4-membered cyclic amide) rings is 1. The van der Waals surface area contributed by atoms with Gasteiger partial charge >= 0.3 is 11.9 Å². The molecule has 0 spiro atoms. The van der Waals surface area contributed by atoms with E-state index in [4.69, 9.17) is 10.6 Å². The van der Waals surface area contributed by atoms with Gasteiger partial charge in [-0.05, 0) is 35.8 Å². The third kappa shape index (κ3) is 7.53. The predicted molar refractivity (Wildman–Crippen MR) is 225 cm³/mol. The molecule has 0 radical (unpaired) electrons. The van der Waals surface area contributed by atoms with Gasteiger partial charge in [-0.25, -0.2) is 14.6 Å². The van der Waals surface area contributed by atoms with Crippen molar-refractivity contribution in [2.75, 3.05) is 18.0 Å². The molecule has 16 heteroatoms. The van der Waals surface area contributed by atoms with Gasteiger partial charge in [0.1, 0.15) is 22.8 Å². The van der Waals surface area contributed by atoms with E-state index in [0.29, 0.717) is 24.1 Å². The van der Waals surface area contributed by atoms with Crippen molar-refractivity contribution in [1.82, 2.24) is 20.1 Å². The summed E-state index contributed by atoms with van der Waals surface area (Å²) < 4.78 is 0. The highest BCUT2D eigenvalue weighted by Gasteiger charge is 2.54. The van der Waals surface area contributed by atoms with Gasteiger partial charge in [-0.15, -0.1) is 23.1 Å². The maximum absolute atomic E-state index is 14.3. The van der Waals surface area contributed by atoms with Crippen LogP contribution in [0.3, 0.4) is 0 Å². The Morgan fingerprint density at radius 2 is 1.48 bits per heavy atom. The second kappa shape index (κ2) is 16.7. The molecule has 8 rings (SSSR count). The van der Waals surface area contributed by atoms with Gasteiger partial charge in [0.15, 0.2) is 10.8 Å². The number of aromatic carboxylic acids is 1. The van der Waals surface area contributed by atoms with Gasteiger partial charge in [-0.2, -0.15) is 0 Å². The highest BCUT2D eigenvalue weighted by Crippen LogP contribution is 2.43. The number of nitrogens with two attached hydrogens (primary N) is 1. The Labute approximate surface area is 351 Å². The summed E-state index contributed by atoms with van der Waals surface area (Å²) in [5.41, 5.74) is 8.03. The van der Waals surface area contributed by atoms with Gasteiger partial charge in [-0.1, -0.05) is 108 Å². The first kappa shape index (κ1) is 39.8. The summed E-state index contributed by atoms with van der Waals surface area (Å²) in [5.74, 6) is -3.97. The number of allylic oxidation sites excluding steroid dienone is 1. The molecule has 1 aromatic heterocycles. The molecule has 4 aromatic carbocycles. The molecule has 3 aliphatic heterocycles. The zero-order valence-corrected chi connectivity index (χ0v) is 33.3. The van der Waals surface area contributed by atoms with Crippen molar-refractivity contribution in [3.8, 4) is 0 Å². The summed E-state index contributed by atoms with van der Waals surface area (Å²) in [6, 6.07) is 33.4. The van der Waals surface area contributed by atoms with Gasteiger partial charge in [0, 0.05) is 46.5 Å². The number of thiazole rings is 1. The smallest absolute Gasteiger partial charge is 0.352 e. The van der Waals surface area contributed by atoms with Crippen molar-refractivity contribution in [1.29, 1.82) is 0 Å². The number of thioether (sulfide) groups is 1. The van der Waals surface area contributed by atoms with Crippen molar-refractivity contribution in [2.45, 2.75) is 30.0 Å². The molecule has 0 bridgehead atoms. The first-order valence-electron chi connectivity index (χ1n) is 18.7. The summed E-state index contributed by atoms with van der Waals surface area (Å²) >= 11 is 2.35. The highest BCUT2D eigenvalue weighted by molar-refractivity contribution is 8.00. The molecule has 0 unspecified atom stereocenters. The van der Waals surface area contributed by atoms with Gasteiger partial charge in [0.05, 0.1) is 5.56 Å². The van der Waals surface area contributed by atoms with Crippen LogP contribution < -0.4 is 11.1 Å². The van der Waals surface area contributed by atoms with Crippen LogP contribution >= 0.6 is 23.1 Å². The lowest BCUT2D eigenvalue weighted by atomic mass is 9.80. The zero-order valence-electron chi connectivity index (χ0n) is 31.6. The second-order valence-electron chi connectivity index (χ2n) is 14.1. The van der Waals surface area contributed by atoms with Crippen LogP contribution in [-0.4, -0.2) is 84.1 Å². The van der Waals surface area contributed by atoms with Gasteiger partial charge in [-0.3, -0.25) is 19.3 Å². The van der Waals surface area contributed by atoms with Gasteiger partial charge in [0.25, 0.3) is 11.8 Å². The molecule has 2 saturated heterocycles. The number of rotatable bonds is 13. The molecule has 302 valence electrons. The van der Waals surface area contributed by atoms with Gasteiger partial charge in [0.2, 0.25) is 11.5 Å². The Bertz CT molecular complexity index is 2480. The number of aromatic nitrogens is 1. The fourth-order valence-electron chi connectivity index (χ4n) is 7.49. The van der Waals surface area contributed by atoms with Crippen molar-refractivity contribution in [3.05, 3.63) is 177 Å². The van der Waals surface area contributed by atoms with Crippen LogP contribution in [0.4, 0.5) is 5.13 Å². The number of carbonyl (C=O) groups excluding carboxylic acids is 3. The Hall–Kier alpha value is -7.04. The monoisotopic (exact) mass is 840 g/mol. The van der Waals surface area contributed by atoms with E-state index in [2.05, 4.69) is 15.5 Å². The molecule has 2 atom stereocenters. The van der Waals surface area contributed by atoms with Crippen molar-refractivity contribution in [2.24, 2.45) is 5.16 Å². The average Bonchev–Trinajstić information content (AvgIpc) is 3.85. The third-order valence-electron chi connectivity index (χ3n) is 10.4. The minimum atomic E-state index is -1.35. The molecule has 60 heavy (non-hydrogen) atoms. The number of nitrogens with one attached hydrogen (secondary N) is 1. The number of nitrogens with zero attached hydrogens (tertiary/aromatic N) is 4. The number of carboxylic acid groups (broad SMARTS) is 2. The molecule has 4 heterocycles. The van der Waals surface area contributed by atoms with Crippen LogP contribution in [0.25, 0.3) is 0 Å². The number of nitrogen functional groups attached to an aromatic ring is 1. The number of anilines is 1. The number of aliphatic carboxylic acids is 1. The molecule has 5 aromatic rings. The molecule has 0 saturated carbocycles. The molecule has 3 amide bonds. The van der Waals surface area contributed by atoms with E-state index in [0.717, 1.165) is 38.5 Å². The number of carbonyl (C=O) groups is 5. The zero-order chi connectivity index (χ0) is 42.0. The van der Waals surface area contributed by atoms with Crippen molar-refractivity contribution >= 4 is 63.6 Å². The number of hydrogen-bond donors (Lipinski definition) is 4. The Morgan fingerprint density at radius 3 is 2.02 bits per heavy atom. The number of hydrogen-bond acceptors (Lipinski definition) is 11. The van der Waals surface area contributed by atoms with Crippen LogP contribution in [0, 0.1) is 0 Å². The van der Waals surface area contributed by atoms with E-state index in [1.165, 1.54) is 30.0 Å². The highest BCUT2D eigenvalue weighted by atomic mass is 32.2.